The summed E-state index contributed by atoms with van der Waals surface area (Å²) in [6.45, 7) is 0. The van der Waals surface area contributed by atoms with Gasteiger partial charge >= 0.3 is 0 Å². The second kappa shape index (κ2) is 2.84. The fourth-order valence-corrected chi connectivity index (χ4v) is 0.130. The third kappa shape index (κ3) is 2.44. The first-order valence-corrected chi connectivity index (χ1v) is 2.30. The topological polar surface area (TPSA) is 64.1 Å². The number of rotatable bonds is 0. The highest BCUT2D eigenvalue weighted by Crippen LogP contribution is 1.66. The van der Waals surface area contributed by atoms with Crippen LogP contribution in [0.5, 0.6) is 0 Å². The van der Waals surface area contributed by atoms with Crippen molar-refractivity contribution >= 4 is 34.4 Å². The van der Waals surface area contributed by atoms with E-state index in [9.17, 15) is 0 Å². The molecule has 0 aliphatic rings. The summed E-state index contributed by atoms with van der Waals surface area (Å²) in [5.41, 5.74) is 7.12. The monoisotopic (exact) mass is 135 g/mol. The smallest absolute Gasteiger partial charge is 0.147 e. The largest absolute Gasteiger partial charge is 0.387 e. The third-order valence-corrected chi connectivity index (χ3v) is 1.03. The number of nitrogens with two attached hydrogens (primary N) is 2. The van der Waals surface area contributed by atoms with E-state index >= 15 is 0 Å². The molecule has 0 fully saturated rings. The number of nitrogens with one attached hydrogen (secondary N) is 1. The maximum Gasteiger partial charge on any atom is 0.147 e. The van der Waals surface area contributed by atoms with E-state index in [1.54, 1.807) is 0 Å². The summed E-state index contributed by atoms with van der Waals surface area (Å²) in [6, 6.07) is 0. The fraction of sp³-hybridized carbons (Fsp3) is 0. The molecule has 0 atom stereocenters. The predicted octanol–water partition coefficient (Wildman–Crippen LogP) is -0.937. The van der Waals surface area contributed by atoms with Gasteiger partial charge in [-0.1, -0.05) is 24.4 Å². The first-order chi connectivity index (χ1) is 3.18. The lowest BCUT2D eigenvalue weighted by atomic mass is 10.7. The van der Waals surface area contributed by atoms with Gasteiger partial charge in [0.2, 0.25) is 0 Å². The molecule has 0 aliphatic carbocycles. The fourth-order valence-electron chi connectivity index (χ4n) is 0.0711. The molecule has 0 amide bonds. The molecular weight excluding hydrogens is 130 g/mol. The van der Waals surface area contributed by atoms with Gasteiger partial charge in [-0.2, -0.15) is 0 Å². The summed E-state index contributed by atoms with van der Waals surface area (Å²) in [5.74, 6) is 4.81. The van der Waals surface area contributed by atoms with Gasteiger partial charge in [-0.3, -0.25) is 0 Å². The van der Waals surface area contributed by atoms with Crippen molar-refractivity contribution in [2.24, 2.45) is 11.6 Å². The zero-order valence-electron chi connectivity index (χ0n) is 3.47. The van der Waals surface area contributed by atoms with Gasteiger partial charge in [-0.15, -0.1) is 0 Å². The first-order valence-electron chi connectivity index (χ1n) is 1.49. The SMILES string of the molecule is NNC(=S)C(N)=S. The molecule has 0 heterocycles. The van der Waals surface area contributed by atoms with Crippen LogP contribution in [0.15, 0.2) is 0 Å². The van der Waals surface area contributed by atoms with Crippen molar-refractivity contribution in [1.82, 2.24) is 5.43 Å². The van der Waals surface area contributed by atoms with E-state index in [1.165, 1.54) is 0 Å². The molecule has 0 saturated heterocycles. The molecule has 40 valence electrons. The van der Waals surface area contributed by atoms with Crippen LogP contribution in [-0.2, 0) is 0 Å². The van der Waals surface area contributed by atoms with E-state index < -0.39 is 0 Å². The van der Waals surface area contributed by atoms with Crippen molar-refractivity contribution in [1.29, 1.82) is 0 Å². The van der Waals surface area contributed by atoms with Gasteiger partial charge in [0.1, 0.15) is 9.98 Å². The Balaban J connectivity index is 3.58. The molecule has 0 aliphatic heterocycles. The van der Waals surface area contributed by atoms with Crippen LogP contribution < -0.4 is 17.0 Å². The molecule has 0 saturated carbocycles. The number of hydrazine groups is 1. The lowest BCUT2D eigenvalue weighted by Crippen LogP contribution is -2.37. The molecule has 0 unspecified atom stereocenters. The van der Waals surface area contributed by atoms with E-state index in [-0.39, 0.29) is 9.98 Å². The molecule has 5 N–H and O–H groups in total. The molecule has 7 heavy (non-hydrogen) atoms. The zero-order valence-corrected chi connectivity index (χ0v) is 5.10. The third-order valence-electron chi connectivity index (χ3n) is 0.355. The first kappa shape index (κ1) is 6.74. The van der Waals surface area contributed by atoms with Gasteiger partial charge in [0.25, 0.3) is 0 Å². The van der Waals surface area contributed by atoms with E-state index in [1.807, 2.05) is 0 Å². The maximum absolute atomic E-state index is 4.99. The molecule has 0 bridgehead atoms. The van der Waals surface area contributed by atoms with E-state index in [0.29, 0.717) is 0 Å². The molecule has 0 spiro atoms. The molecule has 0 radical (unpaired) electrons. The Kier molecular flexibility index (Phi) is 2.73. The summed E-state index contributed by atoms with van der Waals surface area (Å²) in [7, 11) is 0. The van der Waals surface area contributed by atoms with Gasteiger partial charge in [-0.25, -0.2) is 5.84 Å². The Labute approximate surface area is 52.0 Å². The summed E-state index contributed by atoms with van der Waals surface area (Å²) in [5, 5.41) is 0. The van der Waals surface area contributed by atoms with E-state index in [2.05, 4.69) is 29.9 Å². The number of thiocarbonyl (C=S) groups is 2. The summed E-state index contributed by atoms with van der Waals surface area (Å²) in [4.78, 5) is 0.340. The molecule has 3 nitrogen and oxygen atoms in total. The van der Waals surface area contributed by atoms with Crippen LogP contribution >= 0.6 is 24.4 Å². The Bertz CT molecular complexity index is 99.1. The van der Waals surface area contributed by atoms with Gasteiger partial charge in [0, 0.05) is 0 Å². The highest BCUT2D eigenvalue weighted by Gasteiger charge is 1.90. The van der Waals surface area contributed by atoms with Gasteiger partial charge < -0.3 is 11.2 Å². The molecule has 0 aromatic carbocycles. The van der Waals surface area contributed by atoms with Gasteiger partial charge in [0.05, 0.1) is 0 Å². The normalized spacial score (nSPS) is 7.57. The Morgan fingerprint density at radius 1 is 1.43 bits per heavy atom. The van der Waals surface area contributed by atoms with E-state index in [0.717, 1.165) is 0 Å². The van der Waals surface area contributed by atoms with Gasteiger partial charge in [0.15, 0.2) is 0 Å². The predicted molar refractivity (Wildman–Crippen MR) is 36.7 cm³/mol. The van der Waals surface area contributed by atoms with Crippen molar-refractivity contribution in [3.05, 3.63) is 0 Å². The van der Waals surface area contributed by atoms with Crippen LogP contribution in [0.3, 0.4) is 0 Å². The lowest BCUT2D eigenvalue weighted by molar-refractivity contribution is 1.06. The minimum Gasteiger partial charge on any atom is -0.387 e. The Hall–Kier alpha value is -0.260. The minimum atomic E-state index is 0.123. The second-order valence-corrected chi connectivity index (χ2v) is 1.69. The molecular formula is C2H5N3S2. The van der Waals surface area contributed by atoms with Crippen LogP contribution in [0.25, 0.3) is 0 Å². The van der Waals surface area contributed by atoms with Crippen molar-refractivity contribution in [3.63, 3.8) is 0 Å². The van der Waals surface area contributed by atoms with Crippen molar-refractivity contribution in [2.45, 2.75) is 0 Å². The highest BCUT2D eigenvalue weighted by atomic mass is 32.1. The van der Waals surface area contributed by atoms with Crippen LogP contribution in [0, 0.1) is 0 Å². The summed E-state index contributed by atoms with van der Waals surface area (Å²) >= 11 is 8.89. The average Bonchev–Trinajstić information content (AvgIpc) is 1.65. The second-order valence-electron chi connectivity index (χ2n) is 0.838. The zero-order chi connectivity index (χ0) is 5.86. The minimum absolute atomic E-state index is 0.123. The lowest BCUT2D eigenvalue weighted by Gasteiger charge is -1.94. The quantitative estimate of drug-likeness (QED) is 0.227. The van der Waals surface area contributed by atoms with Crippen LogP contribution in [0.2, 0.25) is 0 Å². The average molecular weight is 135 g/mol. The van der Waals surface area contributed by atoms with Crippen LogP contribution in [0.4, 0.5) is 0 Å². The van der Waals surface area contributed by atoms with Crippen molar-refractivity contribution in [3.8, 4) is 0 Å². The Morgan fingerprint density at radius 3 is 1.86 bits per heavy atom. The van der Waals surface area contributed by atoms with Crippen molar-refractivity contribution in [2.75, 3.05) is 0 Å². The van der Waals surface area contributed by atoms with E-state index in [4.69, 9.17) is 11.6 Å². The molecule has 5 heteroatoms. The highest BCUT2D eigenvalue weighted by molar-refractivity contribution is 7.89. The number of hydrogen-bond donors (Lipinski definition) is 3. The summed E-state index contributed by atoms with van der Waals surface area (Å²) < 4.78 is 0. The summed E-state index contributed by atoms with van der Waals surface area (Å²) in [6.07, 6.45) is 0. The molecule has 0 aromatic rings. The molecule has 0 aromatic heterocycles. The standard InChI is InChI=1S/C2H5N3S2/c3-1(6)2(7)5-4/h4H2,(H2,3,6)(H,5,7). The Morgan fingerprint density at radius 2 is 1.86 bits per heavy atom. The maximum atomic E-state index is 4.99. The van der Waals surface area contributed by atoms with Crippen molar-refractivity contribution < 1.29 is 0 Å². The van der Waals surface area contributed by atoms with Crippen LogP contribution in [0.1, 0.15) is 0 Å². The molecule has 0 rings (SSSR count). The van der Waals surface area contributed by atoms with Gasteiger partial charge in [-0.05, 0) is 0 Å². The number of hydrogen-bond acceptors (Lipinski definition) is 3. The van der Waals surface area contributed by atoms with Crippen LogP contribution in [-0.4, -0.2) is 9.98 Å².